The number of halogens is 3. The summed E-state index contributed by atoms with van der Waals surface area (Å²) < 4.78 is 36.8. The number of carbonyl (C=O) groups excluding carboxylic acids is 1. The molecule has 8 heteroatoms. The van der Waals surface area contributed by atoms with Gasteiger partial charge in [0.1, 0.15) is 12.2 Å². The summed E-state index contributed by atoms with van der Waals surface area (Å²) in [5.41, 5.74) is 0. The fourth-order valence-electron chi connectivity index (χ4n) is 0.922. The second kappa shape index (κ2) is 4.28. The van der Waals surface area contributed by atoms with Crippen molar-refractivity contribution in [3.63, 3.8) is 0 Å². The second-order valence-corrected chi connectivity index (χ2v) is 2.86. The maximum atomic E-state index is 11.7. The van der Waals surface area contributed by atoms with Crippen LogP contribution in [0.1, 0.15) is 5.82 Å². The predicted molar refractivity (Wildman–Crippen MR) is 43.8 cm³/mol. The molecule has 84 valence electrons. The molecule has 0 fully saturated rings. The highest BCUT2D eigenvalue weighted by Gasteiger charge is 2.38. The number of nitrogens with zero attached hydrogens (tertiary/aromatic N) is 3. The van der Waals surface area contributed by atoms with E-state index >= 15 is 0 Å². The molecule has 0 aliphatic rings. The van der Waals surface area contributed by atoms with Crippen LogP contribution in [0.3, 0.4) is 0 Å². The van der Waals surface area contributed by atoms with Crippen molar-refractivity contribution < 1.29 is 18.0 Å². The Bertz CT molecular complexity index is 346. The number of hydrogen-bond donors (Lipinski definition) is 1. The molecular weight excluding hydrogens is 213 g/mol. The van der Waals surface area contributed by atoms with E-state index in [1.807, 2.05) is 0 Å². The maximum absolute atomic E-state index is 11.7. The molecule has 1 amide bonds. The molecule has 0 unspecified atom stereocenters. The summed E-state index contributed by atoms with van der Waals surface area (Å²) in [5, 5.41) is 8.94. The SMILES string of the molecule is Cn1cnnc1CCNC(=O)C(F)(F)F. The topological polar surface area (TPSA) is 59.8 Å². The van der Waals surface area contributed by atoms with Crippen molar-refractivity contribution in [2.75, 3.05) is 6.54 Å². The lowest BCUT2D eigenvalue weighted by atomic mass is 10.4. The Morgan fingerprint density at radius 3 is 2.73 bits per heavy atom. The summed E-state index contributed by atoms with van der Waals surface area (Å²) >= 11 is 0. The van der Waals surface area contributed by atoms with Crippen LogP contribution in [-0.2, 0) is 18.3 Å². The molecule has 15 heavy (non-hydrogen) atoms. The molecule has 1 aromatic heterocycles. The quantitative estimate of drug-likeness (QED) is 0.785. The van der Waals surface area contributed by atoms with Gasteiger partial charge in [0, 0.05) is 20.0 Å². The van der Waals surface area contributed by atoms with Crippen LogP contribution in [-0.4, -0.2) is 33.4 Å². The molecule has 0 aliphatic heterocycles. The molecule has 0 spiro atoms. The minimum absolute atomic E-state index is 0.120. The molecular formula is C7H9F3N4O. The van der Waals surface area contributed by atoms with E-state index in [1.54, 1.807) is 16.9 Å². The van der Waals surface area contributed by atoms with Gasteiger partial charge in [-0.2, -0.15) is 13.2 Å². The first-order valence-electron chi connectivity index (χ1n) is 4.09. The summed E-state index contributed by atoms with van der Waals surface area (Å²) in [5.74, 6) is -1.43. The minimum Gasteiger partial charge on any atom is -0.348 e. The van der Waals surface area contributed by atoms with Crippen molar-refractivity contribution in [1.82, 2.24) is 20.1 Å². The zero-order chi connectivity index (χ0) is 11.5. The first-order valence-corrected chi connectivity index (χ1v) is 4.09. The normalized spacial score (nSPS) is 11.5. The monoisotopic (exact) mass is 222 g/mol. The third-order valence-electron chi connectivity index (χ3n) is 1.70. The van der Waals surface area contributed by atoms with Crippen molar-refractivity contribution in [1.29, 1.82) is 0 Å². The summed E-state index contributed by atoms with van der Waals surface area (Å²) in [6.45, 7) is -0.120. The number of hydrogen-bond acceptors (Lipinski definition) is 3. The number of carbonyl (C=O) groups is 1. The van der Waals surface area contributed by atoms with E-state index in [9.17, 15) is 18.0 Å². The van der Waals surface area contributed by atoms with Crippen LogP contribution in [0.4, 0.5) is 13.2 Å². The highest BCUT2D eigenvalue weighted by molar-refractivity contribution is 5.81. The van der Waals surface area contributed by atoms with Crippen LogP contribution in [0.5, 0.6) is 0 Å². The van der Waals surface area contributed by atoms with Gasteiger partial charge in [-0.15, -0.1) is 10.2 Å². The van der Waals surface area contributed by atoms with Crippen molar-refractivity contribution in [2.45, 2.75) is 12.6 Å². The zero-order valence-electron chi connectivity index (χ0n) is 7.88. The Balaban J connectivity index is 2.35. The Hall–Kier alpha value is -1.60. The molecule has 0 bridgehead atoms. The smallest absolute Gasteiger partial charge is 0.348 e. The van der Waals surface area contributed by atoms with Gasteiger partial charge in [0.15, 0.2) is 0 Å². The molecule has 0 saturated carbocycles. The standard InChI is InChI=1S/C7H9F3N4O/c1-14-4-12-13-5(14)2-3-11-6(15)7(8,9)10/h4H,2-3H2,1H3,(H,11,15). The summed E-state index contributed by atoms with van der Waals surface area (Å²) in [4.78, 5) is 10.4. The lowest BCUT2D eigenvalue weighted by molar-refractivity contribution is -0.173. The van der Waals surface area contributed by atoms with E-state index in [4.69, 9.17) is 0 Å². The van der Waals surface area contributed by atoms with Crippen molar-refractivity contribution in [3.8, 4) is 0 Å². The van der Waals surface area contributed by atoms with E-state index in [1.165, 1.54) is 6.33 Å². The van der Waals surface area contributed by atoms with E-state index in [0.717, 1.165) is 0 Å². The van der Waals surface area contributed by atoms with Crippen LogP contribution in [0.25, 0.3) is 0 Å². The van der Waals surface area contributed by atoms with Gasteiger partial charge in [0.25, 0.3) is 0 Å². The molecule has 0 saturated heterocycles. The average Bonchev–Trinajstić information content (AvgIpc) is 2.50. The summed E-state index contributed by atoms with van der Waals surface area (Å²) in [7, 11) is 1.67. The van der Waals surface area contributed by atoms with E-state index in [2.05, 4.69) is 10.2 Å². The predicted octanol–water partition coefficient (Wildman–Crippen LogP) is 0.0361. The van der Waals surface area contributed by atoms with Gasteiger partial charge in [-0.25, -0.2) is 0 Å². The molecule has 0 atom stereocenters. The maximum Gasteiger partial charge on any atom is 0.471 e. The third-order valence-corrected chi connectivity index (χ3v) is 1.70. The lowest BCUT2D eigenvalue weighted by Gasteiger charge is -2.06. The Labute approximate surface area is 83.3 Å². The highest BCUT2D eigenvalue weighted by Crippen LogP contribution is 2.13. The van der Waals surface area contributed by atoms with E-state index in [0.29, 0.717) is 5.82 Å². The molecule has 1 rings (SSSR count). The fraction of sp³-hybridized carbons (Fsp3) is 0.571. The number of aromatic nitrogens is 3. The molecule has 0 aliphatic carbocycles. The van der Waals surface area contributed by atoms with Crippen LogP contribution in [0.2, 0.25) is 0 Å². The summed E-state index contributed by atoms with van der Waals surface area (Å²) in [6.07, 6.45) is -3.20. The number of amides is 1. The van der Waals surface area contributed by atoms with Crippen LogP contribution in [0.15, 0.2) is 6.33 Å². The Kier molecular flexibility index (Phi) is 3.28. The fourth-order valence-corrected chi connectivity index (χ4v) is 0.922. The molecule has 1 aromatic rings. The van der Waals surface area contributed by atoms with Gasteiger partial charge in [0.2, 0.25) is 0 Å². The minimum atomic E-state index is -4.83. The number of nitrogens with one attached hydrogen (secondary N) is 1. The van der Waals surface area contributed by atoms with Gasteiger partial charge in [-0.1, -0.05) is 0 Å². The van der Waals surface area contributed by atoms with Gasteiger partial charge in [-0.3, -0.25) is 4.79 Å². The van der Waals surface area contributed by atoms with Crippen LogP contribution in [0, 0.1) is 0 Å². The van der Waals surface area contributed by atoms with Gasteiger partial charge >= 0.3 is 12.1 Å². The zero-order valence-corrected chi connectivity index (χ0v) is 7.88. The van der Waals surface area contributed by atoms with Crippen molar-refractivity contribution >= 4 is 5.91 Å². The largest absolute Gasteiger partial charge is 0.471 e. The number of rotatable bonds is 3. The second-order valence-electron chi connectivity index (χ2n) is 2.86. The van der Waals surface area contributed by atoms with Crippen molar-refractivity contribution in [3.05, 3.63) is 12.2 Å². The molecule has 5 nitrogen and oxygen atoms in total. The van der Waals surface area contributed by atoms with Crippen molar-refractivity contribution in [2.24, 2.45) is 7.05 Å². The Morgan fingerprint density at radius 1 is 1.60 bits per heavy atom. The first kappa shape index (κ1) is 11.5. The van der Waals surface area contributed by atoms with Gasteiger partial charge < -0.3 is 9.88 Å². The number of aryl methyl sites for hydroxylation is 1. The average molecular weight is 222 g/mol. The van der Waals surface area contributed by atoms with Crippen LogP contribution < -0.4 is 5.32 Å². The third kappa shape index (κ3) is 3.22. The van der Waals surface area contributed by atoms with Crippen LogP contribution >= 0.6 is 0 Å². The first-order chi connectivity index (χ1) is 6.91. The highest BCUT2D eigenvalue weighted by atomic mass is 19.4. The molecule has 0 radical (unpaired) electrons. The lowest BCUT2D eigenvalue weighted by Crippen LogP contribution is -2.38. The molecule has 1 heterocycles. The number of alkyl halides is 3. The van der Waals surface area contributed by atoms with Gasteiger partial charge in [-0.05, 0) is 0 Å². The Morgan fingerprint density at radius 2 is 2.27 bits per heavy atom. The van der Waals surface area contributed by atoms with E-state index < -0.39 is 12.1 Å². The van der Waals surface area contributed by atoms with Gasteiger partial charge in [0.05, 0.1) is 0 Å². The molecule has 0 aromatic carbocycles. The van der Waals surface area contributed by atoms with E-state index in [-0.39, 0.29) is 13.0 Å². The summed E-state index contributed by atoms with van der Waals surface area (Å²) in [6, 6.07) is 0. The molecule has 1 N–H and O–H groups in total.